The minimum Gasteiger partial charge on any atom is -0.497 e. The summed E-state index contributed by atoms with van der Waals surface area (Å²) in [5.41, 5.74) is 2.06. The lowest BCUT2D eigenvalue weighted by molar-refractivity contribution is 0.235. The molecule has 4 heteroatoms. The van der Waals surface area contributed by atoms with E-state index < -0.39 is 15.1 Å². The van der Waals surface area contributed by atoms with Crippen molar-refractivity contribution in [1.29, 1.82) is 0 Å². The van der Waals surface area contributed by atoms with Crippen molar-refractivity contribution in [1.82, 2.24) is 0 Å². The van der Waals surface area contributed by atoms with E-state index in [0.717, 1.165) is 11.1 Å². The van der Waals surface area contributed by atoms with Crippen molar-refractivity contribution in [2.24, 2.45) is 0 Å². The van der Waals surface area contributed by atoms with Crippen LogP contribution in [-0.4, -0.2) is 13.7 Å². The third-order valence-corrected chi connectivity index (χ3v) is 5.71. The minimum absolute atomic E-state index is 0.313. The molecule has 126 valence electrons. The van der Waals surface area contributed by atoms with Gasteiger partial charge in [-0.2, -0.15) is 0 Å². The normalized spacial score (nSPS) is 12.9. The Balaban J connectivity index is 2.08. The number of ether oxygens (including phenoxy) is 1. The second-order valence-corrected chi connectivity index (χ2v) is 7.71. The summed E-state index contributed by atoms with van der Waals surface area (Å²) < 4.78 is 31.0. The van der Waals surface area contributed by atoms with Crippen LogP contribution in [0.2, 0.25) is 0 Å². The van der Waals surface area contributed by atoms with Gasteiger partial charge in [-0.1, -0.05) is 54.1 Å². The molecule has 0 N–H and O–H groups in total. The number of benzene rings is 2. The summed E-state index contributed by atoms with van der Waals surface area (Å²) in [6.07, 6.45) is 4.99. The molecule has 0 saturated heterocycles. The summed E-state index contributed by atoms with van der Waals surface area (Å²) in [6, 6.07) is 16.6. The molecule has 0 aliphatic rings. The molecule has 0 aliphatic heterocycles. The van der Waals surface area contributed by atoms with Gasteiger partial charge < -0.3 is 4.74 Å². The van der Waals surface area contributed by atoms with Gasteiger partial charge in [-0.15, -0.1) is 6.58 Å². The quantitative estimate of drug-likeness (QED) is 0.526. The lowest BCUT2D eigenvalue weighted by Gasteiger charge is -2.12. The first kappa shape index (κ1) is 18.0. The van der Waals surface area contributed by atoms with Gasteiger partial charge in [0.05, 0.1) is 16.4 Å². The van der Waals surface area contributed by atoms with Gasteiger partial charge in [0.25, 0.3) is 0 Å². The summed E-state index contributed by atoms with van der Waals surface area (Å²) >= 11 is 0. The average Bonchev–Trinajstić information content (AvgIpc) is 2.59. The fraction of sp³-hybridized carbons (Fsp3) is 0.200. The summed E-state index contributed by atoms with van der Waals surface area (Å²) in [5, 5.41) is -0.687. The van der Waals surface area contributed by atoms with Crippen LogP contribution < -0.4 is 0 Å². The van der Waals surface area contributed by atoms with Crippen molar-refractivity contribution in [3.8, 4) is 0 Å². The molecule has 0 spiro atoms. The molecule has 2 aromatic carbocycles. The molecular formula is C20H22O3S. The molecule has 0 saturated carbocycles. The van der Waals surface area contributed by atoms with E-state index in [9.17, 15) is 8.42 Å². The average molecular weight is 342 g/mol. The first-order valence-corrected chi connectivity index (χ1v) is 9.32. The van der Waals surface area contributed by atoms with E-state index in [-0.39, 0.29) is 0 Å². The van der Waals surface area contributed by atoms with E-state index in [0.29, 0.717) is 17.9 Å². The van der Waals surface area contributed by atoms with Gasteiger partial charge in [0.15, 0.2) is 9.84 Å². The highest BCUT2D eigenvalue weighted by Crippen LogP contribution is 2.20. The zero-order valence-corrected chi connectivity index (χ0v) is 14.6. The topological polar surface area (TPSA) is 43.4 Å². The number of allylic oxidation sites excluding steroid dienone is 1. The van der Waals surface area contributed by atoms with Gasteiger partial charge in [-0.25, -0.2) is 8.42 Å². The van der Waals surface area contributed by atoms with Crippen LogP contribution in [0, 0.1) is 6.92 Å². The standard InChI is InChI=1S/C20H22O3S/c1-3-7-19(14-15-23-16-18-8-5-4-6-9-18)24(21,22)20-12-10-17(2)11-13-20/h3-6,8-15,19H,1,7,16H2,2H3/b15-14+. The summed E-state index contributed by atoms with van der Waals surface area (Å²) in [4.78, 5) is 0.313. The molecule has 2 aromatic rings. The minimum atomic E-state index is -3.46. The van der Waals surface area contributed by atoms with Gasteiger partial charge in [0.2, 0.25) is 0 Å². The second-order valence-electron chi connectivity index (χ2n) is 5.55. The van der Waals surface area contributed by atoms with E-state index in [1.54, 1.807) is 36.4 Å². The van der Waals surface area contributed by atoms with Crippen LogP contribution in [0.15, 0.2) is 84.5 Å². The van der Waals surface area contributed by atoms with Crippen molar-refractivity contribution >= 4 is 9.84 Å². The van der Waals surface area contributed by atoms with Crippen LogP contribution in [0.4, 0.5) is 0 Å². The molecule has 24 heavy (non-hydrogen) atoms. The van der Waals surface area contributed by atoms with Gasteiger partial charge in [0.1, 0.15) is 6.61 Å². The van der Waals surface area contributed by atoms with E-state index in [1.165, 1.54) is 6.26 Å². The van der Waals surface area contributed by atoms with Crippen molar-refractivity contribution in [3.05, 3.63) is 90.7 Å². The number of aryl methyl sites for hydroxylation is 1. The molecule has 1 atom stereocenters. The number of hydrogen-bond acceptors (Lipinski definition) is 3. The molecule has 3 nitrogen and oxygen atoms in total. The molecule has 0 aromatic heterocycles. The summed E-state index contributed by atoms with van der Waals surface area (Å²) in [7, 11) is -3.46. The maximum absolute atomic E-state index is 12.7. The van der Waals surface area contributed by atoms with Crippen molar-refractivity contribution in [2.45, 2.75) is 30.1 Å². The SMILES string of the molecule is C=CCC(/C=C/OCc1ccccc1)S(=O)(=O)c1ccc(C)cc1. The zero-order valence-electron chi connectivity index (χ0n) is 13.8. The number of rotatable bonds is 8. The molecule has 0 fully saturated rings. The van der Waals surface area contributed by atoms with E-state index >= 15 is 0 Å². The Bertz CT molecular complexity index is 775. The largest absolute Gasteiger partial charge is 0.497 e. The summed E-state index contributed by atoms with van der Waals surface area (Å²) in [6.45, 7) is 5.99. The number of sulfone groups is 1. The smallest absolute Gasteiger partial charge is 0.185 e. The van der Waals surface area contributed by atoms with Crippen LogP contribution in [0.3, 0.4) is 0 Å². The predicted octanol–water partition coefficient (Wildman–Crippen LogP) is 4.44. The third-order valence-electron chi connectivity index (χ3n) is 3.63. The maximum atomic E-state index is 12.7. The fourth-order valence-corrected chi connectivity index (χ4v) is 3.76. The lowest BCUT2D eigenvalue weighted by atomic mass is 10.2. The van der Waals surface area contributed by atoms with Crippen LogP contribution in [-0.2, 0) is 21.2 Å². The van der Waals surface area contributed by atoms with E-state index in [2.05, 4.69) is 6.58 Å². The van der Waals surface area contributed by atoms with Crippen LogP contribution in [0.25, 0.3) is 0 Å². The molecule has 0 amide bonds. The van der Waals surface area contributed by atoms with Crippen LogP contribution in [0.1, 0.15) is 17.5 Å². The maximum Gasteiger partial charge on any atom is 0.185 e. The van der Waals surface area contributed by atoms with E-state index in [1.807, 2.05) is 37.3 Å². The predicted molar refractivity (Wildman–Crippen MR) is 97.3 cm³/mol. The van der Waals surface area contributed by atoms with Crippen molar-refractivity contribution in [3.63, 3.8) is 0 Å². The molecule has 1 unspecified atom stereocenters. The highest BCUT2D eigenvalue weighted by molar-refractivity contribution is 7.92. The fourth-order valence-electron chi connectivity index (χ4n) is 2.24. The Morgan fingerprint density at radius 2 is 1.75 bits per heavy atom. The van der Waals surface area contributed by atoms with Gasteiger partial charge >= 0.3 is 0 Å². The van der Waals surface area contributed by atoms with Gasteiger partial charge in [-0.3, -0.25) is 0 Å². The molecule has 0 aliphatic carbocycles. The Morgan fingerprint density at radius 1 is 1.08 bits per heavy atom. The Morgan fingerprint density at radius 3 is 2.38 bits per heavy atom. The Kier molecular flexibility index (Phi) is 6.38. The van der Waals surface area contributed by atoms with Crippen molar-refractivity contribution in [2.75, 3.05) is 0 Å². The van der Waals surface area contributed by atoms with Gasteiger partial charge in [-0.05, 0) is 37.1 Å². The highest BCUT2D eigenvalue weighted by Gasteiger charge is 2.24. The first-order valence-electron chi connectivity index (χ1n) is 7.77. The molecule has 2 rings (SSSR count). The highest BCUT2D eigenvalue weighted by atomic mass is 32.2. The molecule has 0 radical (unpaired) electrons. The Hall–Kier alpha value is -2.33. The summed E-state index contributed by atoms with van der Waals surface area (Å²) in [5.74, 6) is 0. The van der Waals surface area contributed by atoms with Crippen LogP contribution in [0.5, 0.6) is 0 Å². The molecule has 0 bridgehead atoms. The van der Waals surface area contributed by atoms with E-state index in [4.69, 9.17) is 4.74 Å². The van der Waals surface area contributed by atoms with Crippen LogP contribution >= 0.6 is 0 Å². The van der Waals surface area contributed by atoms with Crippen molar-refractivity contribution < 1.29 is 13.2 Å². The monoisotopic (exact) mass is 342 g/mol. The third kappa shape index (κ3) is 4.83. The lowest BCUT2D eigenvalue weighted by Crippen LogP contribution is -2.18. The Labute approximate surface area is 144 Å². The molecular weight excluding hydrogens is 320 g/mol. The molecule has 0 heterocycles. The van der Waals surface area contributed by atoms with Gasteiger partial charge in [0, 0.05) is 0 Å². The first-order chi connectivity index (χ1) is 11.5. The number of hydrogen-bond donors (Lipinski definition) is 0. The second kappa shape index (κ2) is 8.50. The zero-order chi connectivity index (χ0) is 17.4.